The largest absolute Gasteiger partial charge is 0.488 e. The number of carbonyl (C=O) groups excluding carboxylic acids is 2. The molecule has 0 unspecified atom stereocenters. The molecule has 0 radical (unpaired) electrons. The standard InChI is InChI=1S/C24H27F2N5O4/c1-2-34-9-7-30-15-17-12-20(27-14-18(17)23(30)33)31-8-10-35-19-11-16(13-28-21(19)31)22(32)29-5-3-24(25,26)4-6-29/h11-14H,2-10,15H2,1H3. The molecule has 0 bridgehead atoms. The number of hydrogen-bond donors (Lipinski definition) is 0. The monoisotopic (exact) mass is 487 g/mol. The topological polar surface area (TPSA) is 88.1 Å². The number of nitrogens with zero attached hydrogens (tertiary/aromatic N) is 5. The van der Waals surface area contributed by atoms with Crippen LogP contribution in [0.2, 0.25) is 0 Å². The van der Waals surface area contributed by atoms with Crippen molar-refractivity contribution in [3.63, 3.8) is 0 Å². The molecule has 11 heteroatoms. The van der Waals surface area contributed by atoms with Crippen molar-refractivity contribution in [1.29, 1.82) is 0 Å². The van der Waals surface area contributed by atoms with Gasteiger partial charge in [0.05, 0.1) is 24.3 Å². The molecule has 2 amide bonds. The van der Waals surface area contributed by atoms with Crippen molar-refractivity contribution >= 4 is 23.5 Å². The fraction of sp³-hybridized carbons (Fsp3) is 0.500. The minimum Gasteiger partial charge on any atom is -0.488 e. The number of pyridine rings is 2. The van der Waals surface area contributed by atoms with Gasteiger partial charge in [0.1, 0.15) is 12.4 Å². The zero-order valence-corrected chi connectivity index (χ0v) is 19.5. The lowest BCUT2D eigenvalue weighted by atomic mass is 10.1. The van der Waals surface area contributed by atoms with E-state index in [0.29, 0.717) is 68.0 Å². The summed E-state index contributed by atoms with van der Waals surface area (Å²) in [7, 11) is 0. The number of rotatable bonds is 6. The van der Waals surface area contributed by atoms with Crippen molar-refractivity contribution in [2.75, 3.05) is 50.9 Å². The zero-order valence-electron chi connectivity index (χ0n) is 19.5. The first-order chi connectivity index (χ1) is 16.9. The van der Waals surface area contributed by atoms with Gasteiger partial charge >= 0.3 is 0 Å². The first kappa shape index (κ1) is 23.4. The summed E-state index contributed by atoms with van der Waals surface area (Å²) in [6.07, 6.45) is 2.36. The van der Waals surface area contributed by atoms with Crippen LogP contribution in [-0.2, 0) is 11.3 Å². The fourth-order valence-electron chi connectivity index (χ4n) is 4.56. The van der Waals surface area contributed by atoms with Gasteiger partial charge in [0.2, 0.25) is 0 Å². The Morgan fingerprint density at radius 3 is 2.74 bits per heavy atom. The molecule has 3 aliphatic heterocycles. The second-order valence-corrected chi connectivity index (χ2v) is 8.82. The minimum atomic E-state index is -2.72. The van der Waals surface area contributed by atoms with Crippen LogP contribution >= 0.6 is 0 Å². The number of anilines is 2. The molecule has 9 nitrogen and oxygen atoms in total. The Labute approximate surface area is 201 Å². The second-order valence-electron chi connectivity index (χ2n) is 8.82. The highest BCUT2D eigenvalue weighted by Gasteiger charge is 2.36. The summed E-state index contributed by atoms with van der Waals surface area (Å²) in [5, 5.41) is 0. The molecule has 35 heavy (non-hydrogen) atoms. The molecule has 0 aliphatic carbocycles. The number of halogens is 2. The first-order valence-electron chi connectivity index (χ1n) is 11.8. The highest BCUT2D eigenvalue weighted by Crippen LogP contribution is 2.36. The first-order valence-corrected chi connectivity index (χ1v) is 11.8. The summed E-state index contributed by atoms with van der Waals surface area (Å²) in [6, 6.07) is 3.49. The van der Waals surface area contributed by atoms with Gasteiger partial charge in [-0.1, -0.05) is 0 Å². The Morgan fingerprint density at radius 2 is 1.97 bits per heavy atom. The van der Waals surface area contributed by atoms with E-state index in [-0.39, 0.29) is 37.7 Å². The van der Waals surface area contributed by atoms with E-state index in [9.17, 15) is 18.4 Å². The second kappa shape index (κ2) is 9.37. The molecule has 1 saturated heterocycles. The van der Waals surface area contributed by atoms with E-state index in [0.717, 1.165) is 5.56 Å². The number of piperidine rings is 1. The van der Waals surface area contributed by atoms with Crippen molar-refractivity contribution in [3.05, 3.63) is 41.2 Å². The molecular weight excluding hydrogens is 460 g/mol. The van der Waals surface area contributed by atoms with Crippen molar-refractivity contribution in [1.82, 2.24) is 19.8 Å². The molecule has 0 atom stereocenters. The average molecular weight is 488 g/mol. The molecule has 2 aromatic rings. The van der Waals surface area contributed by atoms with Gasteiger partial charge in [-0.15, -0.1) is 0 Å². The van der Waals surface area contributed by atoms with Gasteiger partial charge in [0.25, 0.3) is 17.7 Å². The summed E-state index contributed by atoms with van der Waals surface area (Å²) >= 11 is 0. The molecule has 186 valence electrons. The summed E-state index contributed by atoms with van der Waals surface area (Å²) in [5.41, 5.74) is 1.77. The number of aromatic nitrogens is 2. The van der Waals surface area contributed by atoms with Crippen molar-refractivity contribution in [2.45, 2.75) is 32.2 Å². The van der Waals surface area contributed by atoms with E-state index in [4.69, 9.17) is 9.47 Å². The molecule has 0 N–H and O–H groups in total. The highest BCUT2D eigenvalue weighted by molar-refractivity contribution is 5.98. The number of hydrogen-bond acceptors (Lipinski definition) is 7. The smallest absolute Gasteiger partial charge is 0.256 e. The molecule has 5 heterocycles. The summed E-state index contributed by atoms with van der Waals surface area (Å²) in [6.45, 7) is 4.89. The normalized spacial score (nSPS) is 18.8. The van der Waals surface area contributed by atoms with Crippen molar-refractivity contribution < 1.29 is 27.8 Å². The lowest BCUT2D eigenvalue weighted by Gasteiger charge is -2.32. The predicted molar refractivity (Wildman–Crippen MR) is 122 cm³/mol. The van der Waals surface area contributed by atoms with Gasteiger partial charge in [-0.25, -0.2) is 18.7 Å². The van der Waals surface area contributed by atoms with Gasteiger partial charge < -0.3 is 24.2 Å². The Bertz CT molecular complexity index is 1130. The maximum atomic E-state index is 13.5. The summed E-state index contributed by atoms with van der Waals surface area (Å²) < 4.78 is 38.1. The number of likely N-dealkylation sites (tertiary alicyclic amines) is 1. The van der Waals surface area contributed by atoms with Crippen LogP contribution in [-0.4, -0.2) is 83.5 Å². The maximum absolute atomic E-state index is 13.5. The zero-order chi connectivity index (χ0) is 24.6. The quantitative estimate of drug-likeness (QED) is 0.579. The third-order valence-corrected chi connectivity index (χ3v) is 6.53. The van der Waals surface area contributed by atoms with E-state index in [2.05, 4.69) is 9.97 Å². The third kappa shape index (κ3) is 4.64. The number of amides is 2. The molecule has 1 fully saturated rings. The van der Waals surface area contributed by atoms with Gasteiger partial charge in [-0.2, -0.15) is 0 Å². The lowest BCUT2D eigenvalue weighted by Crippen LogP contribution is -2.42. The SMILES string of the molecule is CCOCCN1Cc2cc(N3CCOc4cc(C(=O)N5CCC(F)(F)CC5)cnc43)ncc2C1=O. The molecule has 0 saturated carbocycles. The van der Waals surface area contributed by atoms with E-state index < -0.39 is 5.92 Å². The highest BCUT2D eigenvalue weighted by atomic mass is 19.3. The van der Waals surface area contributed by atoms with Crippen LogP contribution in [0.15, 0.2) is 24.5 Å². The van der Waals surface area contributed by atoms with Crippen LogP contribution < -0.4 is 9.64 Å². The number of carbonyl (C=O) groups is 2. The van der Waals surface area contributed by atoms with E-state index in [1.807, 2.05) is 17.9 Å². The molecule has 3 aliphatic rings. The third-order valence-electron chi connectivity index (χ3n) is 6.53. The molecule has 0 spiro atoms. The van der Waals surface area contributed by atoms with Crippen LogP contribution in [0, 0.1) is 0 Å². The van der Waals surface area contributed by atoms with E-state index in [1.54, 1.807) is 17.2 Å². The maximum Gasteiger partial charge on any atom is 0.256 e. The molecule has 5 rings (SSSR count). The number of fused-ring (bicyclic) bond motifs is 2. The van der Waals surface area contributed by atoms with Crippen LogP contribution in [0.25, 0.3) is 0 Å². The Morgan fingerprint density at radius 1 is 1.17 bits per heavy atom. The molecular formula is C24H27F2N5O4. The van der Waals surface area contributed by atoms with Crippen LogP contribution in [0.4, 0.5) is 20.4 Å². The summed E-state index contributed by atoms with van der Waals surface area (Å²) in [4.78, 5) is 39.5. The van der Waals surface area contributed by atoms with Gasteiger partial charge in [-0.3, -0.25) is 9.59 Å². The predicted octanol–water partition coefficient (Wildman–Crippen LogP) is 2.87. The Hall–Kier alpha value is -3.34. The van der Waals surface area contributed by atoms with Crippen molar-refractivity contribution in [3.8, 4) is 5.75 Å². The number of alkyl halides is 2. The Balaban J connectivity index is 1.33. The van der Waals surface area contributed by atoms with E-state index in [1.165, 1.54) is 11.1 Å². The van der Waals surface area contributed by atoms with Crippen LogP contribution in [0.5, 0.6) is 5.75 Å². The number of ether oxygens (including phenoxy) is 2. The van der Waals surface area contributed by atoms with Gasteiger partial charge in [0, 0.05) is 58.0 Å². The van der Waals surface area contributed by atoms with Gasteiger partial charge in [-0.05, 0) is 24.6 Å². The average Bonchev–Trinajstić information content (AvgIpc) is 3.17. The van der Waals surface area contributed by atoms with Crippen molar-refractivity contribution in [2.24, 2.45) is 0 Å². The Kier molecular flexibility index (Phi) is 6.26. The van der Waals surface area contributed by atoms with E-state index >= 15 is 0 Å². The van der Waals surface area contributed by atoms with Crippen LogP contribution in [0.3, 0.4) is 0 Å². The van der Waals surface area contributed by atoms with Gasteiger partial charge in [0.15, 0.2) is 11.6 Å². The minimum absolute atomic E-state index is 0.00918. The summed E-state index contributed by atoms with van der Waals surface area (Å²) in [5.74, 6) is -1.53. The molecule has 0 aromatic carbocycles. The fourth-order valence-corrected chi connectivity index (χ4v) is 4.56. The molecule has 2 aromatic heterocycles. The van der Waals surface area contributed by atoms with Crippen LogP contribution in [0.1, 0.15) is 46.0 Å². The lowest BCUT2D eigenvalue weighted by molar-refractivity contribution is -0.0494.